The van der Waals surface area contributed by atoms with Crippen molar-refractivity contribution in [3.8, 4) is 0 Å². The molecule has 2 aromatic carbocycles. The molecule has 0 aliphatic heterocycles. The van der Waals surface area contributed by atoms with Crippen LogP contribution in [0, 0.1) is 0 Å². The molecule has 0 radical (unpaired) electrons. The maximum Gasteiger partial charge on any atom is 0.490 e. The number of aliphatic hydroxyl groups excluding tert-OH is 1. The molecule has 0 aromatic heterocycles. The molecule has 30 heavy (non-hydrogen) atoms. The van der Waals surface area contributed by atoms with Gasteiger partial charge in [0.05, 0.1) is 12.7 Å². The monoisotopic (exact) mass is 443 g/mol. The summed E-state index contributed by atoms with van der Waals surface area (Å²) in [5, 5.41) is 19.4. The van der Waals surface area contributed by atoms with Gasteiger partial charge in [-0.05, 0) is 15.4 Å². The fourth-order valence-corrected chi connectivity index (χ4v) is 7.65. The lowest BCUT2D eigenvalue weighted by atomic mass is 10.2. The summed E-state index contributed by atoms with van der Waals surface area (Å²) in [4.78, 5) is 8.90. The smallest absolute Gasteiger partial charge is 0.475 e. The SMILES string of the molecule is CC(C)(C)[Si](OCC(O)CN)(c1ccccc1)c1ccccc1.O=C(O)C(F)(F)F. The van der Waals surface area contributed by atoms with Crippen molar-refractivity contribution in [3.63, 3.8) is 0 Å². The van der Waals surface area contributed by atoms with Crippen LogP contribution in [0.15, 0.2) is 60.7 Å². The average Bonchev–Trinajstić information content (AvgIpc) is 2.68. The molecule has 0 amide bonds. The Balaban J connectivity index is 0.000000553. The van der Waals surface area contributed by atoms with Crippen LogP contribution in [0.1, 0.15) is 20.8 Å². The van der Waals surface area contributed by atoms with E-state index in [2.05, 4.69) is 69.3 Å². The van der Waals surface area contributed by atoms with Crippen molar-refractivity contribution in [2.45, 2.75) is 38.1 Å². The number of benzene rings is 2. The first-order valence-electron chi connectivity index (χ1n) is 9.29. The van der Waals surface area contributed by atoms with Crippen molar-refractivity contribution in [1.82, 2.24) is 0 Å². The third-order valence-electron chi connectivity index (χ3n) is 4.42. The van der Waals surface area contributed by atoms with Gasteiger partial charge in [-0.25, -0.2) is 4.79 Å². The quantitative estimate of drug-likeness (QED) is 0.597. The Morgan fingerprint density at radius 1 is 1.00 bits per heavy atom. The van der Waals surface area contributed by atoms with Crippen LogP contribution in [-0.2, 0) is 9.22 Å². The molecule has 0 aliphatic rings. The minimum absolute atomic E-state index is 0.0793. The number of aliphatic carboxylic acids is 1. The zero-order chi connectivity index (χ0) is 23.0. The van der Waals surface area contributed by atoms with Crippen LogP contribution in [0.25, 0.3) is 0 Å². The first kappa shape index (κ1) is 25.8. The normalized spacial score (nSPS) is 13.2. The molecular formula is C21H28F3NO4Si. The number of nitrogens with two attached hydrogens (primary N) is 1. The largest absolute Gasteiger partial charge is 0.490 e. The predicted octanol–water partition coefficient (Wildman–Crippen LogP) is 2.52. The summed E-state index contributed by atoms with van der Waals surface area (Å²) in [6, 6.07) is 20.8. The number of carboxylic acid groups (broad SMARTS) is 1. The van der Waals surface area contributed by atoms with Crippen molar-refractivity contribution < 1.29 is 32.6 Å². The van der Waals surface area contributed by atoms with Crippen molar-refractivity contribution >= 4 is 24.7 Å². The molecule has 0 spiro atoms. The van der Waals surface area contributed by atoms with Gasteiger partial charge in [0.2, 0.25) is 0 Å². The van der Waals surface area contributed by atoms with Crippen LogP contribution < -0.4 is 16.1 Å². The summed E-state index contributed by atoms with van der Waals surface area (Å²) in [5.41, 5.74) is 5.57. The molecule has 0 fully saturated rings. The van der Waals surface area contributed by atoms with Crippen LogP contribution in [0.3, 0.4) is 0 Å². The highest BCUT2D eigenvalue weighted by Crippen LogP contribution is 2.36. The fraction of sp³-hybridized carbons (Fsp3) is 0.381. The maximum absolute atomic E-state index is 10.6. The lowest BCUT2D eigenvalue weighted by Gasteiger charge is -2.43. The van der Waals surface area contributed by atoms with Gasteiger partial charge < -0.3 is 20.4 Å². The maximum atomic E-state index is 10.6. The summed E-state index contributed by atoms with van der Waals surface area (Å²) < 4.78 is 38.3. The van der Waals surface area contributed by atoms with Gasteiger partial charge in [0, 0.05) is 6.54 Å². The number of hydrogen-bond donors (Lipinski definition) is 3. The minimum Gasteiger partial charge on any atom is -0.475 e. The average molecular weight is 444 g/mol. The highest BCUT2D eigenvalue weighted by atomic mass is 28.4. The zero-order valence-corrected chi connectivity index (χ0v) is 18.2. The topological polar surface area (TPSA) is 92.8 Å². The van der Waals surface area contributed by atoms with E-state index < -0.39 is 26.6 Å². The van der Waals surface area contributed by atoms with E-state index in [4.69, 9.17) is 20.1 Å². The van der Waals surface area contributed by atoms with Gasteiger partial charge in [-0.15, -0.1) is 0 Å². The zero-order valence-electron chi connectivity index (χ0n) is 17.2. The van der Waals surface area contributed by atoms with Gasteiger partial charge in [0.15, 0.2) is 0 Å². The summed E-state index contributed by atoms with van der Waals surface area (Å²) in [6.45, 7) is 7.11. The van der Waals surface area contributed by atoms with Crippen molar-refractivity contribution in [3.05, 3.63) is 60.7 Å². The van der Waals surface area contributed by atoms with Crippen LogP contribution in [-0.4, -0.2) is 49.9 Å². The van der Waals surface area contributed by atoms with E-state index in [0.717, 1.165) is 0 Å². The summed E-state index contributed by atoms with van der Waals surface area (Å²) in [5.74, 6) is -2.76. The number of alkyl halides is 3. The van der Waals surface area contributed by atoms with Gasteiger partial charge in [-0.3, -0.25) is 0 Å². The summed E-state index contributed by atoms with van der Waals surface area (Å²) >= 11 is 0. The summed E-state index contributed by atoms with van der Waals surface area (Å²) in [6.07, 6.45) is -5.73. The third-order valence-corrected chi connectivity index (χ3v) is 9.43. The Labute approximate surface area is 175 Å². The second-order valence-electron chi connectivity index (χ2n) is 7.67. The van der Waals surface area contributed by atoms with Crippen molar-refractivity contribution in [2.75, 3.05) is 13.2 Å². The number of carboxylic acids is 1. The highest BCUT2D eigenvalue weighted by Gasteiger charge is 2.50. The second kappa shape index (κ2) is 10.7. The van der Waals surface area contributed by atoms with Crippen LogP contribution in [0.4, 0.5) is 13.2 Å². The van der Waals surface area contributed by atoms with Gasteiger partial charge in [0.1, 0.15) is 0 Å². The first-order chi connectivity index (χ1) is 13.9. The molecule has 2 rings (SSSR count). The lowest BCUT2D eigenvalue weighted by Crippen LogP contribution is -2.67. The lowest BCUT2D eigenvalue weighted by molar-refractivity contribution is -0.192. The number of hydrogen-bond acceptors (Lipinski definition) is 4. The molecule has 0 bridgehead atoms. The molecule has 0 aliphatic carbocycles. The van der Waals surface area contributed by atoms with Crippen LogP contribution in [0.5, 0.6) is 0 Å². The Morgan fingerprint density at radius 2 is 1.37 bits per heavy atom. The Bertz CT molecular complexity index is 741. The highest BCUT2D eigenvalue weighted by molar-refractivity contribution is 6.99. The van der Waals surface area contributed by atoms with E-state index >= 15 is 0 Å². The standard InChI is InChI=1S/C19H27NO2Si.C2HF3O2/c1-19(2,3)23(22-15-16(21)14-20,17-10-6-4-7-11-17)18-12-8-5-9-13-18;3-2(4,5)1(6)7/h4-13,16,21H,14-15,20H2,1-3H3;(H,6,7). The molecule has 4 N–H and O–H groups in total. The van der Waals surface area contributed by atoms with E-state index in [-0.39, 0.29) is 18.2 Å². The fourth-order valence-electron chi connectivity index (χ4n) is 3.05. The molecule has 9 heteroatoms. The molecule has 0 saturated carbocycles. The Kier molecular flexibility index (Phi) is 9.23. The summed E-state index contributed by atoms with van der Waals surface area (Å²) in [7, 11) is -2.54. The molecule has 166 valence electrons. The number of aliphatic hydroxyl groups is 1. The Morgan fingerprint density at radius 3 is 1.63 bits per heavy atom. The van der Waals surface area contributed by atoms with Crippen LogP contribution >= 0.6 is 0 Å². The minimum atomic E-state index is -5.08. The van der Waals surface area contributed by atoms with Crippen LogP contribution in [0.2, 0.25) is 5.04 Å². The van der Waals surface area contributed by atoms with Crippen molar-refractivity contribution in [1.29, 1.82) is 0 Å². The van der Waals surface area contributed by atoms with E-state index in [0.29, 0.717) is 0 Å². The Hall–Kier alpha value is -2.20. The number of rotatable bonds is 6. The van der Waals surface area contributed by atoms with Gasteiger partial charge in [-0.1, -0.05) is 81.4 Å². The van der Waals surface area contributed by atoms with E-state index in [1.165, 1.54) is 10.4 Å². The molecule has 5 nitrogen and oxygen atoms in total. The van der Waals surface area contributed by atoms with Gasteiger partial charge >= 0.3 is 12.1 Å². The second-order valence-corrected chi connectivity index (χ2v) is 12.0. The third kappa shape index (κ3) is 6.66. The number of carbonyl (C=O) groups is 1. The molecule has 0 saturated heterocycles. The van der Waals surface area contributed by atoms with Gasteiger partial charge in [-0.2, -0.15) is 13.2 Å². The van der Waals surface area contributed by atoms with Gasteiger partial charge in [0.25, 0.3) is 8.32 Å². The van der Waals surface area contributed by atoms with E-state index in [9.17, 15) is 18.3 Å². The molecule has 2 aromatic rings. The van der Waals surface area contributed by atoms with E-state index in [1.807, 2.05) is 12.1 Å². The molecule has 0 heterocycles. The van der Waals surface area contributed by atoms with Crippen molar-refractivity contribution in [2.24, 2.45) is 5.73 Å². The first-order valence-corrected chi connectivity index (χ1v) is 11.2. The number of halogens is 3. The molecule has 1 unspecified atom stereocenters. The molecular weight excluding hydrogens is 415 g/mol. The predicted molar refractivity (Wildman–Crippen MR) is 112 cm³/mol. The van der Waals surface area contributed by atoms with E-state index in [1.54, 1.807) is 0 Å². The molecule has 1 atom stereocenters.